The molecule has 0 aliphatic heterocycles. The van der Waals surface area contributed by atoms with Gasteiger partial charge >= 0.3 is 0 Å². The molecule has 0 unspecified atom stereocenters. The Kier molecular flexibility index (Phi) is 23.5. The zero-order valence-electron chi connectivity index (χ0n) is 26.6. The molecule has 0 saturated heterocycles. The van der Waals surface area contributed by atoms with E-state index in [0.29, 0.717) is 130 Å². The summed E-state index contributed by atoms with van der Waals surface area (Å²) in [4.78, 5) is 15.0. The first kappa shape index (κ1) is 38.8. The largest absolute Gasteiger partial charge is 0.379 e. The molecular formula is C29H47N8O9+. The van der Waals surface area contributed by atoms with Crippen molar-refractivity contribution in [3.63, 3.8) is 0 Å². The van der Waals surface area contributed by atoms with Gasteiger partial charge in [0.05, 0.1) is 106 Å². The molecule has 0 aliphatic rings. The molecule has 0 spiro atoms. The molecule has 1 amide bonds. The summed E-state index contributed by atoms with van der Waals surface area (Å²) in [6.07, 6.45) is 0.270. The Morgan fingerprint density at radius 3 is 1.50 bits per heavy atom. The number of carbonyl (C=O) groups is 1. The van der Waals surface area contributed by atoms with Gasteiger partial charge in [0.1, 0.15) is 17.2 Å². The number of hydrogen-bond acceptors (Lipinski definition) is 15. The molecule has 0 saturated carbocycles. The van der Waals surface area contributed by atoms with Crippen LogP contribution in [-0.2, 0) is 49.2 Å². The number of aryl methyl sites for hydroxylation is 1. The highest BCUT2D eigenvalue weighted by atomic mass is 16.6. The number of benzene rings is 1. The zero-order chi connectivity index (χ0) is 32.8. The van der Waals surface area contributed by atoms with Crippen molar-refractivity contribution < 1.29 is 42.7 Å². The molecular weight excluding hydrogens is 604 g/mol. The molecule has 1 heterocycles. The van der Waals surface area contributed by atoms with Crippen LogP contribution in [0, 0.1) is 12.5 Å². The zero-order valence-corrected chi connectivity index (χ0v) is 26.6. The van der Waals surface area contributed by atoms with Crippen molar-refractivity contribution in [1.29, 1.82) is 5.53 Å². The summed E-state index contributed by atoms with van der Waals surface area (Å²) in [5.41, 5.74) is 8.28. The SMILES string of the molecule is Cc1nnc(-c2ccc(CNC(=O)CCOCCOCCOCCOCCOCCOCCOCCOCCN=[N+]=N)cc2)nn1. The molecule has 0 bridgehead atoms. The standard InChI is InChI=1S/C29H46N8O9/c1-25-33-35-29(36-34-25)27-4-2-26(3-5-27)24-31-28(38)6-8-39-10-12-41-14-16-43-18-20-45-22-23-46-21-19-44-17-15-42-13-11-40-9-7-32-37-30/h2-5,30H,6-24H2,1H3/p+1. The predicted octanol–water partition coefficient (Wildman–Crippen LogP) is 0.931. The number of nitrogens with one attached hydrogen (secondary N) is 2. The van der Waals surface area contributed by atoms with Gasteiger partial charge < -0.3 is 43.2 Å². The minimum Gasteiger partial charge on any atom is -0.379 e. The number of nitrogens with zero attached hydrogens (tertiary/aromatic N) is 6. The Bertz CT molecular complexity index is 1080. The van der Waals surface area contributed by atoms with Crippen molar-refractivity contribution in [2.75, 3.05) is 112 Å². The average molecular weight is 652 g/mol. The number of rotatable bonds is 30. The van der Waals surface area contributed by atoms with E-state index in [4.69, 9.17) is 43.4 Å². The second-order valence-corrected chi connectivity index (χ2v) is 9.36. The topological polar surface area (TPSA) is 205 Å². The van der Waals surface area contributed by atoms with Crippen LogP contribution in [0.5, 0.6) is 0 Å². The van der Waals surface area contributed by atoms with Crippen molar-refractivity contribution in [1.82, 2.24) is 30.6 Å². The number of carbonyl (C=O) groups excluding carboxylic acids is 1. The van der Waals surface area contributed by atoms with Crippen molar-refractivity contribution in [3.05, 3.63) is 35.7 Å². The highest BCUT2D eigenvalue weighted by molar-refractivity contribution is 5.76. The van der Waals surface area contributed by atoms with Crippen molar-refractivity contribution >= 4 is 5.91 Å². The number of hydrogen-bond donors (Lipinski definition) is 2. The molecule has 2 rings (SSSR count). The van der Waals surface area contributed by atoms with Crippen LogP contribution in [-0.4, -0.2) is 139 Å². The molecule has 256 valence electrons. The van der Waals surface area contributed by atoms with Gasteiger partial charge in [-0.3, -0.25) is 4.79 Å². The number of amides is 1. The summed E-state index contributed by atoms with van der Waals surface area (Å²) in [5.74, 6) is 0.886. The average Bonchev–Trinajstić information content (AvgIpc) is 3.07. The third kappa shape index (κ3) is 21.4. The van der Waals surface area contributed by atoms with Gasteiger partial charge in [-0.25, -0.2) is 0 Å². The van der Waals surface area contributed by atoms with Gasteiger partial charge in [-0.15, -0.1) is 20.4 Å². The van der Waals surface area contributed by atoms with Crippen molar-refractivity contribution in [3.8, 4) is 11.4 Å². The lowest BCUT2D eigenvalue weighted by atomic mass is 10.1. The summed E-state index contributed by atoms with van der Waals surface area (Å²) < 4.78 is 43.3. The quantitative estimate of drug-likeness (QED) is 0.0686. The monoisotopic (exact) mass is 651 g/mol. The molecule has 0 radical (unpaired) electrons. The molecule has 1 aromatic heterocycles. The highest BCUT2D eigenvalue weighted by Crippen LogP contribution is 2.14. The molecule has 46 heavy (non-hydrogen) atoms. The van der Waals surface area contributed by atoms with Crippen LogP contribution in [0.4, 0.5) is 0 Å². The Morgan fingerprint density at radius 2 is 1.07 bits per heavy atom. The molecule has 17 heteroatoms. The fourth-order valence-electron chi connectivity index (χ4n) is 3.42. The third-order valence-electron chi connectivity index (χ3n) is 5.76. The number of ether oxygens (including phenoxy) is 8. The first-order chi connectivity index (χ1) is 22.7. The van der Waals surface area contributed by atoms with E-state index in [9.17, 15) is 4.79 Å². The summed E-state index contributed by atoms with van der Waals surface area (Å²) in [6.45, 7) is 9.83. The van der Waals surface area contributed by atoms with Crippen LogP contribution in [0.2, 0.25) is 0 Å². The Hall–Kier alpha value is -3.38. The van der Waals surface area contributed by atoms with Gasteiger partial charge in [-0.05, 0) is 12.5 Å². The van der Waals surface area contributed by atoms with Gasteiger partial charge in [0, 0.05) is 18.5 Å². The first-order valence-electron chi connectivity index (χ1n) is 15.2. The van der Waals surface area contributed by atoms with Gasteiger partial charge in [0.25, 0.3) is 0 Å². The third-order valence-corrected chi connectivity index (χ3v) is 5.76. The van der Waals surface area contributed by atoms with E-state index in [2.05, 4.69) is 35.7 Å². The van der Waals surface area contributed by atoms with Crippen molar-refractivity contribution in [2.45, 2.75) is 19.9 Å². The molecule has 0 fully saturated rings. The van der Waals surface area contributed by atoms with E-state index in [-0.39, 0.29) is 12.3 Å². The maximum absolute atomic E-state index is 12.1. The molecule has 1 aromatic carbocycles. The van der Waals surface area contributed by atoms with Crippen LogP contribution in [0.25, 0.3) is 11.4 Å². The van der Waals surface area contributed by atoms with Gasteiger partial charge in [0.2, 0.25) is 16.6 Å². The maximum atomic E-state index is 12.1. The van der Waals surface area contributed by atoms with Crippen LogP contribution >= 0.6 is 0 Å². The second kappa shape index (κ2) is 27.9. The van der Waals surface area contributed by atoms with Crippen LogP contribution in [0.3, 0.4) is 0 Å². The van der Waals surface area contributed by atoms with E-state index < -0.39 is 0 Å². The fraction of sp³-hybridized carbons (Fsp3) is 0.690. The lowest BCUT2D eigenvalue weighted by Crippen LogP contribution is -2.24. The molecule has 0 aliphatic carbocycles. The molecule has 2 N–H and O–H groups in total. The Labute approximate surface area is 269 Å². The maximum Gasteiger partial charge on any atom is 0.222 e. The fourth-order valence-corrected chi connectivity index (χ4v) is 3.42. The van der Waals surface area contributed by atoms with E-state index >= 15 is 0 Å². The lowest BCUT2D eigenvalue weighted by molar-refractivity contribution is -0.122. The first-order valence-corrected chi connectivity index (χ1v) is 15.2. The lowest BCUT2D eigenvalue weighted by Gasteiger charge is -2.09. The van der Waals surface area contributed by atoms with Gasteiger partial charge in [-0.2, -0.15) is 0 Å². The Morgan fingerprint density at radius 1 is 0.652 bits per heavy atom. The number of aromatic nitrogens is 4. The van der Waals surface area contributed by atoms with Gasteiger partial charge in [0.15, 0.2) is 5.82 Å². The predicted molar refractivity (Wildman–Crippen MR) is 163 cm³/mol. The molecule has 0 atom stereocenters. The van der Waals surface area contributed by atoms with Crippen LogP contribution in [0.1, 0.15) is 17.8 Å². The van der Waals surface area contributed by atoms with Crippen molar-refractivity contribution in [2.24, 2.45) is 5.11 Å². The highest BCUT2D eigenvalue weighted by Gasteiger charge is 2.05. The summed E-state index contributed by atoms with van der Waals surface area (Å²) >= 11 is 0. The van der Waals surface area contributed by atoms with E-state index in [1.165, 1.54) is 0 Å². The van der Waals surface area contributed by atoms with Crippen LogP contribution < -0.4 is 10.2 Å². The molecule has 2 aromatic rings. The second-order valence-electron chi connectivity index (χ2n) is 9.36. The minimum absolute atomic E-state index is 0.0875. The normalized spacial score (nSPS) is 11.0. The minimum atomic E-state index is -0.0875. The summed E-state index contributed by atoms with van der Waals surface area (Å²) in [7, 11) is 0. The summed E-state index contributed by atoms with van der Waals surface area (Å²) in [5, 5.41) is 22.2. The van der Waals surface area contributed by atoms with E-state index in [1.54, 1.807) is 6.92 Å². The van der Waals surface area contributed by atoms with Crippen LogP contribution in [0.15, 0.2) is 29.4 Å². The summed E-state index contributed by atoms with van der Waals surface area (Å²) in [6, 6.07) is 7.55. The smallest absolute Gasteiger partial charge is 0.222 e. The van der Waals surface area contributed by atoms with E-state index in [1.807, 2.05) is 24.3 Å². The van der Waals surface area contributed by atoms with E-state index in [0.717, 1.165) is 11.1 Å². The Balaban J connectivity index is 1.25. The van der Waals surface area contributed by atoms with Gasteiger partial charge in [-0.1, -0.05) is 24.3 Å². The molecule has 17 nitrogen and oxygen atoms in total.